The second-order valence-electron chi connectivity index (χ2n) is 9.33. The number of ether oxygens (including phenoxy) is 1. The van der Waals surface area contributed by atoms with Crippen LogP contribution in [-0.2, 0) is 13.1 Å². The average Bonchev–Trinajstić information content (AvgIpc) is 2.87. The molecule has 9 heteroatoms. The molecule has 1 aromatic heterocycles. The zero-order valence-corrected chi connectivity index (χ0v) is 20.4. The Morgan fingerprint density at radius 2 is 1.64 bits per heavy atom. The van der Waals surface area contributed by atoms with Crippen molar-refractivity contribution in [1.82, 2.24) is 9.13 Å². The first kappa shape index (κ1) is 25.8. The van der Waals surface area contributed by atoms with Gasteiger partial charge < -0.3 is 10.5 Å². The van der Waals surface area contributed by atoms with E-state index < -0.39 is 41.3 Å². The summed E-state index contributed by atoms with van der Waals surface area (Å²) in [5.74, 6) is -2.36. The molecule has 6 nitrogen and oxygen atoms in total. The van der Waals surface area contributed by atoms with Gasteiger partial charge in [-0.1, -0.05) is 37.5 Å². The lowest BCUT2D eigenvalue weighted by atomic mass is 9.84. The first-order valence-corrected chi connectivity index (χ1v) is 12.1. The molecule has 0 unspecified atom stereocenters. The van der Waals surface area contributed by atoms with Crippen molar-refractivity contribution in [3.05, 3.63) is 85.9 Å². The van der Waals surface area contributed by atoms with Crippen molar-refractivity contribution >= 4 is 0 Å². The van der Waals surface area contributed by atoms with Crippen LogP contribution < -0.4 is 21.7 Å². The van der Waals surface area contributed by atoms with Crippen molar-refractivity contribution in [2.45, 2.75) is 58.2 Å². The van der Waals surface area contributed by atoms with E-state index >= 15 is 4.39 Å². The molecule has 1 saturated carbocycles. The van der Waals surface area contributed by atoms with Crippen LogP contribution in [0.2, 0.25) is 0 Å². The Morgan fingerprint density at radius 1 is 1.00 bits per heavy atom. The van der Waals surface area contributed by atoms with E-state index in [0.717, 1.165) is 53.4 Å². The third kappa shape index (κ3) is 4.84. The maximum atomic E-state index is 15.3. The van der Waals surface area contributed by atoms with Crippen LogP contribution >= 0.6 is 0 Å². The second kappa shape index (κ2) is 10.7. The Hall–Kier alpha value is -3.33. The van der Waals surface area contributed by atoms with Gasteiger partial charge in [-0.2, -0.15) is 0 Å². The van der Waals surface area contributed by atoms with E-state index in [4.69, 9.17) is 10.5 Å². The van der Waals surface area contributed by atoms with Crippen molar-refractivity contribution in [3.63, 3.8) is 0 Å². The summed E-state index contributed by atoms with van der Waals surface area (Å²) in [4.78, 5) is 27.2. The van der Waals surface area contributed by atoms with Gasteiger partial charge in [0.15, 0.2) is 11.6 Å². The molecular formula is C27H30F3N3O3. The standard InChI is InChI=1S/C27H30F3N3O3/c1-16-24(18-10-6-13-23(36-2)25(18)30)26(34)33(15-22(31)17-8-4-3-5-9-17)27(35)32(16)14-19-20(28)11-7-12-21(19)29/h6-7,10-13,17,22H,3-5,8-9,14-15,31H2,1-2H3/t22-/m0/s1. The van der Waals surface area contributed by atoms with Gasteiger partial charge in [-0.15, -0.1) is 0 Å². The normalized spacial score (nSPS) is 15.2. The van der Waals surface area contributed by atoms with Crippen molar-refractivity contribution < 1.29 is 17.9 Å². The van der Waals surface area contributed by atoms with Gasteiger partial charge >= 0.3 is 5.69 Å². The van der Waals surface area contributed by atoms with Crippen molar-refractivity contribution in [1.29, 1.82) is 0 Å². The van der Waals surface area contributed by atoms with Crippen LogP contribution in [0.3, 0.4) is 0 Å². The highest BCUT2D eigenvalue weighted by atomic mass is 19.1. The third-order valence-electron chi connectivity index (χ3n) is 7.17. The Bertz CT molecular complexity index is 1360. The molecule has 1 heterocycles. The second-order valence-corrected chi connectivity index (χ2v) is 9.33. The van der Waals surface area contributed by atoms with E-state index in [-0.39, 0.29) is 40.6 Å². The summed E-state index contributed by atoms with van der Waals surface area (Å²) >= 11 is 0. The molecule has 0 radical (unpaired) electrons. The van der Waals surface area contributed by atoms with Crippen LogP contribution in [0.25, 0.3) is 11.1 Å². The minimum absolute atomic E-state index is 0.0698. The lowest BCUT2D eigenvalue weighted by Crippen LogP contribution is -2.47. The molecule has 36 heavy (non-hydrogen) atoms. The van der Waals surface area contributed by atoms with Gasteiger partial charge in [0.25, 0.3) is 5.56 Å². The Balaban J connectivity index is 1.92. The van der Waals surface area contributed by atoms with E-state index in [1.54, 1.807) is 0 Å². The number of rotatable bonds is 7. The van der Waals surface area contributed by atoms with Crippen LogP contribution in [0.1, 0.15) is 43.4 Å². The fraction of sp³-hybridized carbons (Fsp3) is 0.407. The predicted molar refractivity (Wildman–Crippen MR) is 132 cm³/mol. The summed E-state index contributed by atoms with van der Waals surface area (Å²) in [7, 11) is 1.30. The number of nitrogens with two attached hydrogens (primary N) is 1. The molecule has 0 bridgehead atoms. The molecule has 1 fully saturated rings. The summed E-state index contributed by atoms with van der Waals surface area (Å²) in [6.07, 6.45) is 4.96. The summed E-state index contributed by atoms with van der Waals surface area (Å²) in [6, 6.07) is 7.29. The number of benzene rings is 2. The predicted octanol–water partition coefficient (Wildman–Crippen LogP) is 4.37. The largest absolute Gasteiger partial charge is 0.494 e. The Morgan fingerprint density at radius 3 is 2.28 bits per heavy atom. The number of methoxy groups -OCH3 is 1. The highest BCUT2D eigenvalue weighted by Crippen LogP contribution is 2.30. The number of nitrogens with zero attached hydrogens (tertiary/aromatic N) is 2. The van der Waals surface area contributed by atoms with E-state index in [1.807, 2.05) is 0 Å². The quantitative estimate of drug-likeness (QED) is 0.522. The first-order valence-electron chi connectivity index (χ1n) is 12.1. The lowest BCUT2D eigenvalue weighted by Gasteiger charge is -2.28. The molecule has 2 N–H and O–H groups in total. The van der Waals surface area contributed by atoms with Crippen LogP contribution in [0.5, 0.6) is 5.75 Å². The summed E-state index contributed by atoms with van der Waals surface area (Å²) in [6.45, 7) is 0.906. The van der Waals surface area contributed by atoms with Crippen molar-refractivity contribution in [2.75, 3.05) is 7.11 Å². The van der Waals surface area contributed by atoms with Gasteiger partial charge in [0, 0.05) is 29.4 Å². The van der Waals surface area contributed by atoms with E-state index in [2.05, 4.69) is 0 Å². The Labute approximate surface area is 207 Å². The van der Waals surface area contributed by atoms with Gasteiger partial charge in [-0.3, -0.25) is 13.9 Å². The molecule has 1 aliphatic rings. The molecule has 0 saturated heterocycles. The van der Waals surface area contributed by atoms with Crippen molar-refractivity contribution in [2.24, 2.45) is 11.7 Å². The van der Waals surface area contributed by atoms with Gasteiger partial charge in [-0.05, 0) is 43.9 Å². The average molecular weight is 502 g/mol. The van der Waals surface area contributed by atoms with Gasteiger partial charge in [0.2, 0.25) is 0 Å². The van der Waals surface area contributed by atoms with Crippen LogP contribution in [-0.4, -0.2) is 22.3 Å². The van der Waals surface area contributed by atoms with Crippen LogP contribution in [0.4, 0.5) is 13.2 Å². The molecule has 2 aromatic carbocycles. The maximum Gasteiger partial charge on any atom is 0.331 e. The van der Waals surface area contributed by atoms with Gasteiger partial charge in [0.05, 0.1) is 19.2 Å². The number of hydrogen-bond acceptors (Lipinski definition) is 4. The minimum Gasteiger partial charge on any atom is -0.494 e. The Kier molecular flexibility index (Phi) is 7.68. The molecule has 0 amide bonds. The summed E-state index contributed by atoms with van der Waals surface area (Å²) in [5, 5.41) is 0. The highest BCUT2D eigenvalue weighted by Gasteiger charge is 2.26. The molecule has 1 aliphatic carbocycles. The zero-order chi connectivity index (χ0) is 26.0. The maximum absolute atomic E-state index is 15.3. The van der Waals surface area contributed by atoms with Gasteiger partial charge in [0.1, 0.15) is 11.6 Å². The topological polar surface area (TPSA) is 79.2 Å². The monoisotopic (exact) mass is 501 g/mol. The first-order chi connectivity index (χ1) is 17.2. The highest BCUT2D eigenvalue weighted by molar-refractivity contribution is 5.67. The number of aromatic nitrogens is 2. The molecular weight excluding hydrogens is 471 g/mol. The summed E-state index contributed by atoms with van der Waals surface area (Å²) in [5.41, 5.74) is 4.59. The van der Waals surface area contributed by atoms with E-state index in [9.17, 15) is 18.4 Å². The smallest absolute Gasteiger partial charge is 0.331 e. The fourth-order valence-corrected chi connectivity index (χ4v) is 5.08. The minimum atomic E-state index is -0.827. The molecule has 1 atom stereocenters. The third-order valence-corrected chi connectivity index (χ3v) is 7.17. The van der Waals surface area contributed by atoms with E-state index in [1.165, 1.54) is 38.3 Å². The molecule has 192 valence electrons. The SMILES string of the molecule is COc1cccc(-c2c(C)n(Cc3c(F)cccc3F)c(=O)n(C[C@H](N)C3CCCCC3)c2=O)c1F. The molecule has 4 rings (SSSR count). The number of halogens is 3. The van der Waals surface area contributed by atoms with E-state index in [0.29, 0.717) is 0 Å². The lowest BCUT2D eigenvalue weighted by molar-refractivity contribution is 0.280. The van der Waals surface area contributed by atoms with Crippen LogP contribution in [0, 0.1) is 30.3 Å². The number of hydrogen-bond donors (Lipinski definition) is 1. The zero-order valence-electron chi connectivity index (χ0n) is 20.4. The molecule has 3 aromatic rings. The van der Waals surface area contributed by atoms with Crippen LogP contribution in [0.15, 0.2) is 46.0 Å². The summed E-state index contributed by atoms with van der Waals surface area (Å²) < 4.78 is 51.4. The van der Waals surface area contributed by atoms with Crippen molar-refractivity contribution in [3.8, 4) is 16.9 Å². The molecule has 0 aliphatic heterocycles. The molecule has 0 spiro atoms. The van der Waals surface area contributed by atoms with Gasteiger partial charge in [-0.25, -0.2) is 18.0 Å². The fourth-order valence-electron chi connectivity index (χ4n) is 5.08.